The molecule has 3 aromatic rings. The van der Waals surface area contributed by atoms with Crippen LogP contribution < -0.4 is 15.4 Å². The van der Waals surface area contributed by atoms with Crippen molar-refractivity contribution >= 4 is 62.5 Å². The number of ether oxygens (including phenoxy) is 1. The van der Waals surface area contributed by atoms with Gasteiger partial charge in [0, 0.05) is 5.69 Å². The maximum atomic E-state index is 13.0. The number of carbonyl (C=O) groups is 3. The van der Waals surface area contributed by atoms with Crippen LogP contribution in [0.3, 0.4) is 0 Å². The number of fused-ring (bicyclic) bond motifs is 3. The predicted molar refractivity (Wildman–Crippen MR) is 136 cm³/mol. The highest BCUT2D eigenvalue weighted by Gasteiger charge is 2.51. The molecule has 1 heterocycles. The third-order valence-corrected chi connectivity index (χ3v) is 8.55. The van der Waals surface area contributed by atoms with Gasteiger partial charge in [0.05, 0.1) is 40.6 Å². The third kappa shape index (κ3) is 4.76. The van der Waals surface area contributed by atoms with Gasteiger partial charge in [-0.15, -0.1) is 11.3 Å². The molecule has 0 radical (unpaired) electrons. The van der Waals surface area contributed by atoms with Gasteiger partial charge in [-0.25, -0.2) is 4.98 Å². The second kappa shape index (κ2) is 9.71. The Hall–Kier alpha value is -3.37. The fraction of sp³-hybridized carbons (Fsp3) is 0.280. The van der Waals surface area contributed by atoms with Crippen LogP contribution in [-0.4, -0.2) is 40.7 Å². The average molecular weight is 510 g/mol. The first-order valence-electron chi connectivity index (χ1n) is 11.1. The lowest BCUT2D eigenvalue weighted by molar-refractivity contribution is -0.146. The van der Waals surface area contributed by atoms with Crippen molar-refractivity contribution in [2.75, 3.05) is 23.5 Å². The summed E-state index contributed by atoms with van der Waals surface area (Å²) in [6, 6.07) is 12.6. The molecule has 3 N–H and O–H groups in total. The highest BCUT2D eigenvalue weighted by molar-refractivity contribution is 8.01. The molecule has 0 unspecified atom stereocenters. The van der Waals surface area contributed by atoms with Crippen LogP contribution in [0.25, 0.3) is 10.2 Å². The van der Waals surface area contributed by atoms with Gasteiger partial charge < -0.3 is 20.5 Å². The van der Waals surface area contributed by atoms with E-state index in [4.69, 9.17) is 4.74 Å². The van der Waals surface area contributed by atoms with Gasteiger partial charge in [-0.1, -0.05) is 36.0 Å². The van der Waals surface area contributed by atoms with Gasteiger partial charge in [-0.3, -0.25) is 14.4 Å². The molecule has 1 saturated carbocycles. The highest BCUT2D eigenvalue weighted by Crippen LogP contribution is 2.48. The number of allylic oxidation sites excluding steroid dienone is 2. The Labute approximate surface area is 209 Å². The zero-order chi connectivity index (χ0) is 24.5. The van der Waals surface area contributed by atoms with Crippen LogP contribution in [-0.2, 0) is 14.4 Å². The van der Waals surface area contributed by atoms with Crippen molar-refractivity contribution in [3.8, 4) is 5.75 Å². The number of para-hydroxylation sites is 2. The Kier molecular flexibility index (Phi) is 6.48. The molecule has 2 aliphatic rings. The number of nitrogens with one attached hydrogen (secondary N) is 2. The maximum absolute atomic E-state index is 13.0. The monoisotopic (exact) mass is 509 g/mol. The van der Waals surface area contributed by atoms with Gasteiger partial charge in [0.2, 0.25) is 11.8 Å². The molecule has 10 heteroatoms. The molecule has 0 aliphatic heterocycles. The lowest BCUT2D eigenvalue weighted by Gasteiger charge is -2.23. The number of carbonyl (C=O) groups excluding carboxylic acids is 2. The number of hydrogen-bond acceptors (Lipinski definition) is 7. The molecule has 1 aromatic heterocycles. The first-order chi connectivity index (χ1) is 16.9. The number of nitrogens with zero attached hydrogens (tertiary/aromatic N) is 1. The number of thioether (sulfide) groups is 1. The normalized spacial score (nSPS) is 22.3. The van der Waals surface area contributed by atoms with Crippen LogP contribution in [0.15, 0.2) is 59.0 Å². The summed E-state index contributed by atoms with van der Waals surface area (Å²) in [5, 5.41) is 15.4. The molecular weight excluding hydrogens is 486 g/mol. The highest BCUT2D eigenvalue weighted by atomic mass is 32.2. The molecule has 1 fully saturated rings. The SMILES string of the molecule is COc1ccccc1NC(=O)CSc1nc2ccc(NC(=O)[C@H]3[C@@H](C(=O)O)[C@H]4C=C[C@H]3C4)cc2s1. The number of anilines is 2. The number of carboxylic acid groups (broad SMARTS) is 1. The van der Waals surface area contributed by atoms with E-state index in [1.54, 1.807) is 25.3 Å². The van der Waals surface area contributed by atoms with Gasteiger partial charge in [-0.2, -0.15) is 0 Å². The first-order valence-corrected chi connectivity index (χ1v) is 12.9. The number of rotatable bonds is 8. The summed E-state index contributed by atoms with van der Waals surface area (Å²) >= 11 is 2.77. The summed E-state index contributed by atoms with van der Waals surface area (Å²) < 4.78 is 6.87. The summed E-state index contributed by atoms with van der Waals surface area (Å²) in [6.45, 7) is 0. The molecule has 5 rings (SSSR count). The van der Waals surface area contributed by atoms with E-state index in [9.17, 15) is 19.5 Å². The van der Waals surface area contributed by atoms with Gasteiger partial charge >= 0.3 is 5.97 Å². The van der Waals surface area contributed by atoms with Crippen LogP contribution >= 0.6 is 23.1 Å². The molecule has 0 saturated heterocycles. The second-order valence-electron chi connectivity index (χ2n) is 8.53. The first kappa shape index (κ1) is 23.4. The number of aromatic nitrogens is 1. The number of aliphatic carboxylic acids is 1. The van der Waals surface area contributed by atoms with Crippen molar-refractivity contribution in [1.82, 2.24) is 4.98 Å². The van der Waals surface area contributed by atoms with Crippen molar-refractivity contribution in [2.24, 2.45) is 23.7 Å². The fourth-order valence-electron chi connectivity index (χ4n) is 4.85. The standard InChI is InChI=1S/C25H23N3O5S2/c1-33-18-5-3-2-4-16(18)27-20(29)12-34-25-28-17-9-8-15(11-19(17)35-25)26-23(30)21-13-6-7-14(10-13)22(21)24(31)32/h2-9,11,13-14,21-22H,10,12H2,1H3,(H,26,30)(H,27,29)(H,31,32)/t13-,14-,21+,22-/m0/s1. The fourth-order valence-corrected chi connectivity index (χ4v) is 6.75. The molecular formula is C25H23N3O5S2. The predicted octanol–water partition coefficient (Wildman–Crippen LogP) is 4.50. The molecule has 4 atom stereocenters. The zero-order valence-electron chi connectivity index (χ0n) is 18.8. The average Bonchev–Trinajstić information content (AvgIpc) is 3.57. The van der Waals surface area contributed by atoms with E-state index in [1.807, 2.05) is 36.4 Å². The molecule has 8 nitrogen and oxygen atoms in total. The summed E-state index contributed by atoms with van der Waals surface area (Å²) in [4.78, 5) is 41.6. The molecule has 0 spiro atoms. The number of methoxy groups -OCH3 is 1. The van der Waals surface area contributed by atoms with Crippen LogP contribution in [0.2, 0.25) is 0 Å². The summed E-state index contributed by atoms with van der Waals surface area (Å²) in [5.74, 6) is -1.91. The third-order valence-electron chi connectivity index (χ3n) is 6.39. The molecule has 2 aromatic carbocycles. The smallest absolute Gasteiger partial charge is 0.307 e. The molecule has 2 bridgehead atoms. The molecule has 35 heavy (non-hydrogen) atoms. The van der Waals surface area contributed by atoms with Crippen molar-refractivity contribution in [1.29, 1.82) is 0 Å². The Balaban J connectivity index is 1.22. The second-order valence-corrected chi connectivity index (χ2v) is 10.8. The van der Waals surface area contributed by atoms with E-state index in [2.05, 4.69) is 15.6 Å². The number of benzene rings is 2. The Bertz CT molecular complexity index is 1340. The number of thiazole rings is 1. The van der Waals surface area contributed by atoms with E-state index in [1.165, 1.54) is 23.1 Å². The van der Waals surface area contributed by atoms with Crippen molar-refractivity contribution in [2.45, 2.75) is 10.8 Å². The maximum Gasteiger partial charge on any atom is 0.307 e. The minimum Gasteiger partial charge on any atom is -0.495 e. The van der Waals surface area contributed by atoms with Crippen LogP contribution in [0.4, 0.5) is 11.4 Å². The van der Waals surface area contributed by atoms with Crippen LogP contribution in [0.1, 0.15) is 6.42 Å². The van der Waals surface area contributed by atoms with Crippen molar-refractivity contribution in [3.63, 3.8) is 0 Å². The zero-order valence-corrected chi connectivity index (χ0v) is 20.4. The molecule has 2 amide bonds. The largest absolute Gasteiger partial charge is 0.495 e. The number of carboxylic acids is 1. The van der Waals surface area contributed by atoms with E-state index < -0.39 is 17.8 Å². The van der Waals surface area contributed by atoms with E-state index in [-0.39, 0.29) is 29.4 Å². The van der Waals surface area contributed by atoms with Crippen LogP contribution in [0.5, 0.6) is 5.75 Å². The van der Waals surface area contributed by atoms with E-state index in [0.29, 0.717) is 23.5 Å². The van der Waals surface area contributed by atoms with Gasteiger partial charge in [0.15, 0.2) is 4.34 Å². The Morgan fingerprint density at radius 3 is 2.66 bits per heavy atom. The van der Waals surface area contributed by atoms with E-state index >= 15 is 0 Å². The topological polar surface area (TPSA) is 118 Å². The lowest BCUT2D eigenvalue weighted by Crippen LogP contribution is -2.36. The summed E-state index contributed by atoms with van der Waals surface area (Å²) in [6.07, 6.45) is 4.61. The minimum atomic E-state index is -0.920. The summed E-state index contributed by atoms with van der Waals surface area (Å²) in [5.41, 5.74) is 1.99. The Morgan fingerprint density at radius 2 is 1.89 bits per heavy atom. The molecule has 180 valence electrons. The Morgan fingerprint density at radius 1 is 1.11 bits per heavy atom. The quantitative estimate of drug-likeness (QED) is 0.302. The molecule has 2 aliphatic carbocycles. The van der Waals surface area contributed by atoms with Crippen molar-refractivity contribution < 1.29 is 24.2 Å². The summed E-state index contributed by atoms with van der Waals surface area (Å²) in [7, 11) is 1.55. The number of amides is 2. The van der Waals surface area contributed by atoms with Gasteiger partial charge in [-0.05, 0) is 48.6 Å². The number of hydrogen-bond donors (Lipinski definition) is 3. The lowest BCUT2D eigenvalue weighted by atomic mass is 9.82. The van der Waals surface area contributed by atoms with Gasteiger partial charge in [0.1, 0.15) is 5.75 Å². The van der Waals surface area contributed by atoms with Crippen molar-refractivity contribution in [3.05, 3.63) is 54.6 Å². The minimum absolute atomic E-state index is 0.0294. The van der Waals surface area contributed by atoms with Crippen LogP contribution in [0, 0.1) is 23.7 Å². The van der Waals surface area contributed by atoms with E-state index in [0.717, 1.165) is 14.6 Å². The van der Waals surface area contributed by atoms with Gasteiger partial charge in [0.25, 0.3) is 0 Å².